The van der Waals surface area contributed by atoms with Crippen LogP contribution in [-0.2, 0) is 11.2 Å². The summed E-state index contributed by atoms with van der Waals surface area (Å²) in [6.07, 6.45) is 5.13. The van der Waals surface area contributed by atoms with Crippen LogP contribution in [0.2, 0.25) is 0 Å². The van der Waals surface area contributed by atoms with E-state index in [1.165, 1.54) is 16.7 Å². The lowest BCUT2D eigenvalue weighted by Gasteiger charge is -2.25. The predicted molar refractivity (Wildman–Crippen MR) is 92.0 cm³/mol. The fraction of sp³-hybridized carbons (Fsp3) is 0.250. The third-order valence-corrected chi connectivity index (χ3v) is 4.68. The van der Waals surface area contributed by atoms with Crippen LogP contribution in [0.5, 0.6) is 0 Å². The quantitative estimate of drug-likeness (QED) is 0.878. The number of benzene rings is 1. The first-order valence-corrected chi connectivity index (χ1v) is 7.61. The number of nitrogens with two attached hydrogens (primary N) is 1. The molecule has 2 aliphatic rings. The Morgan fingerprint density at radius 3 is 2.73 bits per heavy atom. The zero-order valence-electron chi connectivity index (χ0n) is 13.4. The van der Waals surface area contributed by atoms with E-state index in [0.29, 0.717) is 5.57 Å². The fourth-order valence-corrected chi connectivity index (χ4v) is 3.44. The zero-order valence-corrected chi connectivity index (χ0v) is 13.4. The van der Waals surface area contributed by atoms with Crippen molar-refractivity contribution in [1.29, 1.82) is 0 Å². The maximum absolute atomic E-state index is 12.0. The van der Waals surface area contributed by atoms with Gasteiger partial charge in [-0.15, -0.1) is 0 Å². The molecule has 2 heteroatoms. The summed E-state index contributed by atoms with van der Waals surface area (Å²) >= 11 is 0. The van der Waals surface area contributed by atoms with Gasteiger partial charge in [-0.2, -0.15) is 0 Å². The van der Waals surface area contributed by atoms with Crippen molar-refractivity contribution in [3.8, 4) is 0 Å². The van der Waals surface area contributed by atoms with E-state index in [4.69, 9.17) is 5.73 Å². The smallest absolute Gasteiger partial charge is 0.249 e. The highest BCUT2D eigenvalue weighted by molar-refractivity contribution is 6.11. The molecule has 2 aliphatic carbocycles. The summed E-state index contributed by atoms with van der Waals surface area (Å²) in [6.45, 7) is 10.4. The van der Waals surface area contributed by atoms with Gasteiger partial charge < -0.3 is 5.73 Å². The highest BCUT2D eigenvalue weighted by atomic mass is 16.1. The van der Waals surface area contributed by atoms with Crippen molar-refractivity contribution in [3.63, 3.8) is 0 Å². The van der Waals surface area contributed by atoms with Crippen molar-refractivity contribution in [3.05, 3.63) is 69.8 Å². The van der Waals surface area contributed by atoms with E-state index in [1.807, 2.05) is 19.9 Å². The molecule has 0 radical (unpaired) electrons. The van der Waals surface area contributed by atoms with Gasteiger partial charge in [0, 0.05) is 5.57 Å². The van der Waals surface area contributed by atoms with Crippen LogP contribution in [0, 0.1) is 5.92 Å². The van der Waals surface area contributed by atoms with Crippen LogP contribution in [0.3, 0.4) is 0 Å². The Morgan fingerprint density at radius 1 is 1.32 bits per heavy atom. The Kier molecular flexibility index (Phi) is 3.40. The van der Waals surface area contributed by atoms with Crippen LogP contribution >= 0.6 is 0 Å². The molecule has 1 aromatic carbocycles. The maximum atomic E-state index is 12.0. The van der Waals surface area contributed by atoms with Gasteiger partial charge in [0.1, 0.15) is 0 Å². The lowest BCUT2D eigenvalue weighted by atomic mass is 9.78. The molecule has 3 rings (SSSR count). The molecule has 0 spiro atoms. The minimum absolute atomic E-state index is 0.139. The van der Waals surface area contributed by atoms with Crippen LogP contribution in [0.1, 0.15) is 37.5 Å². The number of amides is 1. The van der Waals surface area contributed by atoms with Crippen molar-refractivity contribution >= 4 is 17.6 Å². The molecule has 1 amide bonds. The first-order valence-electron chi connectivity index (χ1n) is 7.61. The Hall–Kier alpha value is -2.35. The first-order chi connectivity index (χ1) is 10.4. The molecule has 0 aliphatic heterocycles. The van der Waals surface area contributed by atoms with Gasteiger partial charge in [-0.3, -0.25) is 4.79 Å². The lowest BCUT2D eigenvalue weighted by Crippen LogP contribution is -2.20. The van der Waals surface area contributed by atoms with Gasteiger partial charge in [0.05, 0.1) is 0 Å². The zero-order chi connectivity index (χ0) is 16.0. The number of allylic oxidation sites excluding steroid dienone is 4. The van der Waals surface area contributed by atoms with E-state index in [-0.39, 0.29) is 11.8 Å². The van der Waals surface area contributed by atoms with Gasteiger partial charge in [0.15, 0.2) is 0 Å². The standard InChI is InChI=1S/C20H21NO/c1-11-8-15-6-5-7-16(17(15)9-11)19-14(4)13(3)12(2)10-18(19)20(21)22/h5-7,9-10,12H,3,8H2,1-2,4H3,(H2,21,22). The topological polar surface area (TPSA) is 43.1 Å². The number of hydrogen-bond donors (Lipinski definition) is 1. The lowest BCUT2D eigenvalue weighted by molar-refractivity contribution is -0.114. The summed E-state index contributed by atoms with van der Waals surface area (Å²) in [6, 6.07) is 6.28. The Morgan fingerprint density at radius 2 is 2.05 bits per heavy atom. The van der Waals surface area contributed by atoms with E-state index in [1.54, 1.807) is 0 Å². The molecule has 0 aromatic heterocycles. The molecule has 0 heterocycles. The monoisotopic (exact) mass is 291 g/mol. The molecule has 1 aromatic rings. The molecule has 0 saturated carbocycles. The molecule has 112 valence electrons. The van der Waals surface area contributed by atoms with Gasteiger partial charge >= 0.3 is 0 Å². The van der Waals surface area contributed by atoms with Crippen molar-refractivity contribution in [2.75, 3.05) is 0 Å². The molecule has 0 saturated heterocycles. The number of rotatable bonds is 2. The normalized spacial score (nSPS) is 20.7. The van der Waals surface area contributed by atoms with Crippen LogP contribution < -0.4 is 5.73 Å². The van der Waals surface area contributed by atoms with Crippen LogP contribution in [0.4, 0.5) is 0 Å². The molecule has 2 N–H and O–H groups in total. The second kappa shape index (κ2) is 5.13. The Labute approximate surface area is 131 Å². The molecule has 0 fully saturated rings. The SMILES string of the molecule is C=C1C(C)=C(c2cccc3c2C=C(C)C3)C(C(N)=O)=CC1C. The second-order valence-corrected chi connectivity index (χ2v) is 6.30. The molecule has 0 bridgehead atoms. The van der Waals surface area contributed by atoms with Gasteiger partial charge in [0.2, 0.25) is 5.91 Å². The number of primary amides is 1. The van der Waals surface area contributed by atoms with E-state index < -0.39 is 0 Å². The highest BCUT2D eigenvalue weighted by Gasteiger charge is 2.27. The van der Waals surface area contributed by atoms with Crippen LogP contribution in [0.25, 0.3) is 11.6 Å². The summed E-state index contributed by atoms with van der Waals surface area (Å²) in [5, 5.41) is 0. The van der Waals surface area contributed by atoms with E-state index in [2.05, 4.69) is 37.8 Å². The number of fused-ring (bicyclic) bond motifs is 1. The number of carbonyl (C=O) groups excluding carboxylic acids is 1. The van der Waals surface area contributed by atoms with Gasteiger partial charge in [0.25, 0.3) is 0 Å². The summed E-state index contributed by atoms with van der Waals surface area (Å²) < 4.78 is 0. The summed E-state index contributed by atoms with van der Waals surface area (Å²) in [5.41, 5.74) is 14.3. The van der Waals surface area contributed by atoms with Crippen molar-refractivity contribution in [2.24, 2.45) is 11.7 Å². The number of hydrogen-bond acceptors (Lipinski definition) is 1. The Balaban J connectivity index is 2.27. The van der Waals surface area contributed by atoms with E-state index in [0.717, 1.165) is 28.7 Å². The van der Waals surface area contributed by atoms with Gasteiger partial charge in [-0.1, -0.05) is 49.4 Å². The minimum Gasteiger partial charge on any atom is -0.366 e. The predicted octanol–water partition coefficient (Wildman–Crippen LogP) is 4.04. The average Bonchev–Trinajstić information content (AvgIpc) is 2.84. The third kappa shape index (κ3) is 2.16. The molecule has 1 unspecified atom stereocenters. The minimum atomic E-state index is -0.370. The van der Waals surface area contributed by atoms with E-state index in [9.17, 15) is 4.79 Å². The summed E-state index contributed by atoms with van der Waals surface area (Å²) in [7, 11) is 0. The third-order valence-electron chi connectivity index (χ3n) is 4.68. The molecular weight excluding hydrogens is 270 g/mol. The van der Waals surface area contributed by atoms with Crippen molar-refractivity contribution < 1.29 is 4.79 Å². The van der Waals surface area contributed by atoms with Crippen molar-refractivity contribution in [2.45, 2.75) is 27.2 Å². The molecular formula is C20H21NO. The maximum Gasteiger partial charge on any atom is 0.249 e. The van der Waals surface area contributed by atoms with Crippen LogP contribution in [-0.4, -0.2) is 5.91 Å². The molecule has 2 nitrogen and oxygen atoms in total. The average molecular weight is 291 g/mol. The second-order valence-electron chi connectivity index (χ2n) is 6.30. The van der Waals surface area contributed by atoms with Crippen molar-refractivity contribution in [1.82, 2.24) is 0 Å². The summed E-state index contributed by atoms with van der Waals surface area (Å²) in [4.78, 5) is 12.0. The van der Waals surface area contributed by atoms with Crippen LogP contribution in [0.15, 0.2) is 53.1 Å². The van der Waals surface area contributed by atoms with E-state index >= 15 is 0 Å². The first kappa shape index (κ1) is 14.6. The molecule has 22 heavy (non-hydrogen) atoms. The van der Waals surface area contributed by atoms with Gasteiger partial charge in [-0.25, -0.2) is 0 Å². The number of carbonyl (C=O) groups is 1. The Bertz CT molecular complexity index is 790. The van der Waals surface area contributed by atoms with Gasteiger partial charge in [-0.05, 0) is 59.6 Å². The summed E-state index contributed by atoms with van der Waals surface area (Å²) in [5.74, 6) is -0.231. The highest BCUT2D eigenvalue weighted by Crippen LogP contribution is 2.41. The molecule has 1 atom stereocenters. The fourth-order valence-electron chi connectivity index (χ4n) is 3.44. The largest absolute Gasteiger partial charge is 0.366 e.